The summed E-state index contributed by atoms with van der Waals surface area (Å²) in [6.45, 7) is 0.627. The Morgan fingerprint density at radius 1 is 1.07 bits per heavy atom. The van der Waals surface area contributed by atoms with Crippen molar-refractivity contribution in [2.45, 2.75) is 13.1 Å². The molecule has 0 saturated carbocycles. The normalized spacial score (nSPS) is 13.2. The first-order valence-electron chi connectivity index (χ1n) is 9.16. The minimum atomic E-state index is -0.310. The molecule has 5 rings (SSSR count). The SMILES string of the molecule is O=C1c2cccnc2CN1Cc1c(F)cc(-c2cccc3cnccc23)cc1I. The highest BCUT2D eigenvalue weighted by molar-refractivity contribution is 14.1. The van der Waals surface area contributed by atoms with Crippen LogP contribution in [0.5, 0.6) is 0 Å². The summed E-state index contributed by atoms with van der Waals surface area (Å²) in [5.41, 5.74) is 3.64. The first-order valence-corrected chi connectivity index (χ1v) is 10.2. The van der Waals surface area contributed by atoms with Gasteiger partial charge in [0, 0.05) is 33.1 Å². The topological polar surface area (TPSA) is 46.1 Å². The maximum Gasteiger partial charge on any atom is 0.256 e. The Labute approximate surface area is 180 Å². The van der Waals surface area contributed by atoms with E-state index >= 15 is 4.39 Å². The summed E-state index contributed by atoms with van der Waals surface area (Å²) in [7, 11) is 0. The first-order chi connectivity index (χ1) is 14.1. The van der Waals surface area contributed by atoms with E-state index in [1.807, 2.05) is 30.3 Å². The highest BCUT2D eigenvalue weighted by atomic mass is 127. The Kier molecular flexibility index (Phi) is 4.50. The number of carbonyl (C=O) groups excluding carboxylic acids is 1. The molecule has 2 aromatic carbocycles. The number of benzene rings is 2. The molecule has 1 aliphatic heterocycles. The number of aromatic nitrogens is 2. The van der Waals surface area contributed by atoms with Gasteiger partial charge < -0.3 is 4.90 Å². The van der Waals surface area contributed by atoms with Gasteiger partial charge in [0.2, 0.25) is 0 Å². The maximum absolute atomic E-state index is 15.1. The van der Waals surface area contributed by atoms with Crippen molar-refractivity contribution in [3.05, 3.63) is 93.3 Å². The Morgan fingerprint density at radius 3 is 2.76 bits per heavy atom. The van der Waals surface area contributed by atoms with Gasteiger partial charge in [-0.25, -0.2) is 4.39 Å². The minimum Gasteiger partial charge on any atom is -0.328 e. The Balaban J connectivity index is 1.50. The van der Waals surface area contributed by atoms with Crippen LogP contribution in [0.15, 0.2) is 67.1 Å². The molecule has 29 heavy (non-hydrogen) atoms. The van der Waals surface area contributed by atoms with Gasteiger partial charge in [-0.05, 0) is 69.4 Å². The molecule has 1 amide bonds. The molecule has 6 heteroatoms. The molecule has 0 saturated heterocycles. The second kappa shape index (κ2) is 7.18. The van der Waals surface area contributed by atoms with Crippen LogP contribution < -0.4 is 0 Å². The number of hydrogen-bond donors (Lipinski definition) is 0. The molecule has 2 aromatic heterocycles. The molecule has 0 fully saturated rings. The van der Waals surface area contributed by atoms with Crippen molar-refractivity contribution < 1.29 is 9.18 Å². The summed E-state index contributed by atoms with van der Waals surface area (Å²) >= 11 is 2.15. The molecule has 3 heterocycles. The van der Waals surface area contributed by atoms with Crippen LogP contribution >= 0.6 is 22.6 Å². The summed E-state index contributed by atoms with van der Waals surface area (Å²) in [5, 5.41) is 2.04. The Morgan fingerprint density at radius 2 is 1.93 bits per heavy atom. The summed E-state index contributed by atoms with van der Waals surface area (Å²) in [6.07, 6.45) is 5.22. The molecule has 0 spiro atoms. The van der Waals surface area contributed by atoms with E-state index in [0.717, 1.165) is 31.2 Å². The average molecular weight is 495 g/mol. The van der Waals surface area contributed by atoms with Crippen molar-refractivity contribution in [2.75, 3.05) is 0 Å². The fourth-order valence-corrected chi connectivity index (χ4v) is 4.55. The maximum atomic E-state index is 15.1. The van der Waals surface area contributed by atoms with Gasteiger partial charge in [-0.15, -0.1) is 0 Å². The van der Waals surface area contributed by atoms with Crippen LogP contribution in [0.1, 0.15) is 21.6 Å². The molecular formula is C23H15FIN3O. The fraction of sp³-hybridized carbons (Fsp3) is 0.0870. The number of rotatable bonds is 3. The number of carbonyl (C=O) groups is 1. The van der Waals surface area contributed by atoms with Gasteiger partial charge in [0.15, 0.2) is 0 Å². The van der Waals surface area contributed by atoms with Gasteiger partial charge in [0.05, 0.1) is 24.3 Å². The molecule has 142 valence electrons. The van der Waals surface area contributed by atoms with Crippen molar-refractivity contribution >= 4 is 39.3 Å². The van der Waals surface area contributed by atoms with Gasteiger partial charge in [-0.3, -0.25) is 14.8 Å². The summed E-state index contributed by atoms with van der Waals surface area (Å²) < 4.78 is 15.9. The molecule has 0 bridgehead atoms. The van der Waals surface area contributed by atoms with Crippen LogP contribution in [-0.4, -0.2) is 20.8 Å². The second-order valence-corrected chi connectivity index (χ2v) is 8.14. The lowest BCUT2D eigenvalue weighted by Crippen LogP contribution is -2.24. The number of amides is 1. The van der Waals surface area contributed by atoms with Crippen LogP contribution in [0.4, 0.5) is 4.39 Å². The zero-order valence-electron chi connectivity index (χ0n) is 15.3. The smallest absolute Gasteiger partial charge is 0.256 e. The van der Waals surface area contributed by atoms with Gasteiger partial charge in [-0.2, -0.15) is 0 Å². The van der Waals surface area contributed by atoms with Gasteiger partial charge in [0.25, 0.3) is 5.91 Å². The molecule has 0 aliphatic carbocycles. The van der Waals surface area contributed by atoms with Gasteiger partial charge >= 0.3 is 0 Å². The van der Waals surface area contributed by atoms with E-state index in [1.165, 1.54) is 0 Å². The number of halogens is 2. The van der Waals surface area contributed by atoms with E-state index in [-0.39, 0.29) is 18.3 Å². The van der Waals surface area contributed by atoms with E-state index in [1.54, 1.807) is 41.7 Å². The third kappa shape index (κ3) is 3.17. The third-order valence-electron chi connectivity index (χ3n) is 5.23. The molecule has 0 unspecified atom stereocenters. The summed E-state index contributed by atoms with van der Waals surface area (Å²) in [6, 6.07) is 14.9. The minimum absolute atomic E-state index is 0.103. The molecular weight excluding hydrogens is 480 g/mol. The van der Waals surface area contributed by atoms with Crippen molar-refractivity contribution in [2.24, 2.45) is 0 Å². The highest BCUT2D eigenvalue weighted by Gasteiger charge is 2.29. The van der Waals surface area contributed by atoms with Crippen molar-refractivity contribution in [3.8, 4) is 11.1 Å². The molecule has 1 aliphatic rings. The zero-order chi connectivity index (χ0) is 20.0. The Hall–Kier alpha value is -2.87. The van der Waals surface area contributed by atoms with Crippen LogP contribution in [0, 0.1) is 9.39 Å². The van der Waals surface area contributed by atoms with E-state index in [2.05, 4.69) is 32.6 Å². The molecule has 0 radical (unpaired) electrons. The van der Waals surface area contributed by atoms with E-state index in [9.17, 15) is 4.79 Å². The highest BCUT2D eigenvalue weighted by Crippen LogP contribution is 2.33. The van der Waals surface area contributed by atoms with Crippen molar-refractivity contribution in [1.82, 2.24) is 14.9 Å². The first kappa shape index (κ1) is 18.2. The standard InChI is InChI=1S/C23H15FIN3O/c24-20-9-15(16-4-1-3-14-11-26-8-6-17(14)16)10-21(25)19(20)12-28-13-22-18(23(28)29)5-2-7-27-22/h1-11H,12-13H2. The van der Waals surface area contributed by atoms with Crippen LogP contribution in [0.3, 0.4) is 0 Å². The number of hydrogen-bond acceptors (Lipinski definition) is 3. The third-order valence-corrected chi connectivity index (χ3v) is 6.19. The van der Waals surface area contributed by atoms with Crippen LogP contribution in [-0.2, 0) is 13.1 Å². The molecule has 4 nitrogen and oxygen atoms in total. The lowest BCUT2D eigenvalue weighted by molar-refractivity contribution is 0.0764. The number of fused-ring (bicyclic) bond motifs is 2. The lowest BCUT2D eigenvalue weighted by Gasteiger charge is -2.18. The Bertz CT molecular complexity index is 1250. The predicted octanol–water partition coefficient (Wildman–Crippen LogP) is 5.20. The number of nitrogens with zero attached hydrogens (tertiary/aromatic N) is 3. The number of pyridine rings is 2. The van der Waals surface area contributed by atoms with Crippen molar-refractivity contribution in [1.29, 1.82) is 0 Å². The lowest BCUT2D eigenvalue weighted by atomic mass is 9.98. The average Bonchev–Trinajstić information content (AvgIpc) is 3.06. The van der Waals surface area contributed by atoms with E-state index in [4.69, 9.17) is 0 Å². The molecule has 0 N–H and O–H groups in total. The van der Waals surface area contributed by atoms with Crippen LogP contribution in [0.2, 0.25) is 0 Å². The monoisotopic (exact) mass is 495 g/mol. The predicted molar refractivity (Wildman–Crippen MR) is 118 cm³/mol. The fourth-order valence-electron chi connectivity index (χ4n) is 3.78. The van der Waals surface area contributed by atoms with E-state index < -0.39 is 0 Å². The van der Waals surface area contributed by atoms with Gasteiger partial charge in [0.1, 0.15) is 5.82 Å². The van der Waals surface area contributed by atoms with Gasteiger partial charge in [-0.1, -0.05) is 18.2 Å². The molecule has 4 aromatic rings. The quantitative estimate of drug-likeness (QED) is 0.368. The molecule has 0 atom stereocenters. The largest absolute Gasteiger partial charge is 0.328 e. The van der Waals surface area contributed by atoms with E-state index in [0.29, 0.717) is 17.7 Å². The summed E-state index contributed by atoms with van der Waals surface area (Å²) in [4.78, 5) is 22.7. The zero-order valence-corrected chi connectivity index (χ0v) is 17.4. The van der Waals surface area contributed by atoms with Crippen LogP contribution in [0.25, 0.3) is 21.9 Å². The van der Waals surface area contributed by atoms with Crippen molar-refractivity contribution in [3.63, 3.8) is 0 Å². The second-order valence-electron chi connectivity index (χ2n) is 6.98. The summed E-state index contributed by atoms with van der Waals surface area (Å²) in [5.74, 6) is -0.413.